The first kappa shape index (κ1) is 21.2. The normalized spacial score (nSPS) is 15.2. The third-order valence-corrected chi connectivity index (χ3v) is 5.85. The minimum Gasteiger partial charge on any atom is -0.326 e. The van der Waals surface area contributed by atoms with Gasteiger partial charge in [-0.3, -0.25) is 14.5 Å². The number of thiocarbonyl (C=S) groups is 1. The number of benzene rings is 2. The lowest BCUT2D eigenvalue weighted by Crippen LogP contribution is -2.29. The summed E-state index contributed by atoms with van der Waals surface area (Å²) in [7, 11) is 0. The van der Waals surface area contributed by atoms with Gasteiger partial charge >= 0.3 is 0 Å². The maximum absolute atomic E-state index is 12.9. The zero-order chi connectivity index (χ0) is 20.8. The van der Waals surface area contributed by atoms with Crippen LogP contribution in [0.15, 0.2) is 53.4 Å². The van der Waals surface area contributed by atoms with Crippen molar-refractivity contribution in [2.24, 2.45) is 0 Å². The number of rotatable bonds is 7. The molecule has 2 aromatic carbocycles. The van der Waals surface area contributed by atoms with Gasteiger partial charge in [-0.2, -0.15) is 0 Å². The molecule has 1 fully saturated rings. The van der Waals surface area contributed by atoms with Gasteiger partial charge in [0.15, 0.2) is 0 Å². The van der Waals surface area contributed by atoms with Crippen LogP contribution in [-0.2, 0) is 16.0 Å². The number of hydrogen-bond acceptors (Lipinski definition) is 4. The fourth-order valence-corrected chi connectivity index (χ4v) is 4.16. The highest BCUT2D eigenvalue weighted by Crippen LogP contribution is 2.32. The molecular formula is C22H21FN2O2S2. The average molecular weight is 429 g/mol. The number of thioether (sulfide) groups is 1. The van der Waals surface area contributed by atoms with E-state index in [0.717, 1.165) is 12.0 Å². The highest BCUT2D eigenvalue weighted by molar-refractivity contribution is 8.26. The minimum atomic E-state index is -0.355. The van der Waals surface area contributed by atoms with Crippen molar-refractivity contribution in [3.05, 3.63) is 70.4 Å². The van der Waals surface area contributed by atoms with E-state index in [-0.39, 0.29) is 24.1 Å². The summed E-state index contributed by atoms with van der Waals surface area (Å²) in [4.78, 5) is 26.8. The Hall–Kier alpha value is -2.51. The van der Waals surface area contributed by atoms with E-state index in [9.17, 15) is 14.0 Å². The first-order valence-corrected chi connectivity index (χ1v) is 10.6. The molecule has 1 aliphatic rings. The minimum absolute atomic E-state index is 0.126. The molecule has 1 aliphatic heterocycles. The Morgan fingerprint density at radius 3 is 2.52 bits per heavy atom. The summed E-state index contributed by atoms with van der Waals surface area (Å²) in [5, 5.41) is 2.71. The number of nitrogens with one attached hydrogen (secondary N) is 1. The van der Waals surface area contributed by atoms with Crippen LogP contribution in [-0.4, -0.2) is 27.6 Å². The molecule has 0 bridgehead atoms. The van der Waals surface area contributed by atoms with E-state index in [0.29, 0.717) is 27.9 Å². The van der Waals surface area contributed by atoms with Crippen LogP contribution in [0.2, 0.25) is 0 Å². The summed E-state index contributed by atoms with van der Waals surface area (Å²) < 4.78 is 13.4. The largest absolute Gasteiger partial charge is 0.326 e. The van der Waals surface area contributed by atoms with Gasteiger partial charge in [0.05, 0.1) is 4.91 Å². The maximum Gasteiger partial charge on any atom is 0.266 e. The molecule has 1 heterocycles. The monoisotopic (exact) mass is 428 g/mol. The van der Waals surface area contributed by atoms with Crippen LogP contribution in [0, 0.1) is 5.82 Å². The predicted octanol–water partition coefficient (Wildman–Crippen LogP) is 5.01. The second kappa shape index (κ2) is 9.80. The van der Waals surface area contributed by atoms with E-state index in [2.05, 4.69) is 12.2 Å². The molecule has 0 atom stereocenters. The van der Waals surface area contributed by atoms with Crippen molar-refractivity contribution in [1.82, 2.24) is 4.90 Å². The average Bonchev–Trinajstić information content (AvgIpc) is 2.97. The van der Waals surface area contributed by atoms with Crippen molar-refractivity contribution in [3.8, 4) is 0 Å². The Morgan fingerprint density at radius 1 is 1.17 bits per heavy atom. The van der Waals surface area contributed by atoms with Gasteiger partial charge in [-0.25, -0.2) is 4.39 Å². The van der Waals surface area contributed by atoms with Crippen LogP contribution in [0.3, 0.4) is 0 Å². The number of amides is 2. The zero-order valence-electron chi connectivity index (χ0n) is 16.0. The highest BCUT2D eigenvalue weighted by atomic mass is 32.2. The van der Waals surface area contributed by atoms with Crippen molar-refractivity contribution >= 4 is 51.9 Å². The number of hydrogen-bond donors (Lipinski definition) is 1. The van der Waals surface area contributed by atoms with Crippen LogP contribution in [0.25, 0.3) is 6.08 Å². The van der Waals surface area contributed by atoms with Crippen LogP contribution in [0.1, 0.15) is 30.9 Å². The fourth-order valence-electron chi connectivity index (χ4n) is 2.85. The number of carbonyl (C=O) groups excluding carboxylic acids is 2. The third kappa shape index (κ3) is 5.74. The molecule has 4 nitrogen and oxygen atoms in total. The summed E-state index contributed by atoms with van der Waals surface area (Å²) in [5.74, 6) is -0.668. The summed E-state index contributed by atoms with van der Waals surface area (Å²) in [6, 6.07) is 13.7. The Bertz CT molecular complexity index is 940. The molecule has 29 heavy (non-hydrogen) atoms. The third-order valence-electron chi connectivity index (χ3n) is 4.47. The number of halogens is 1. The van der Waals surface area contributed by atoms with Crippen molar-refractivity contribution < 1.29 is 14.0 Å². The van der Waals surface area contributed by atoms with Gasteiger partial charge in [-0.1, -0.05) is 55.2 Å². The van der Waals surface area contributed by atoms with Gasteiger partial charge in [-0.05, 0) is 54.3 Å². The molecule has 0 spiro atoms. The zero-order valence-corrected chi connectivity index (χ0v) is 17.6. The summed E-state index contributed by atoms with van der Waals surface area (Å²) in [6.45, 7) is 2.48. The number of anilines is 1. The van der Waals surface area contributed by atoms with Gasteiger partial charge < -0.3 is 5.32 Å². The molecule has 0 unspecified atom stereocenters. The molecule has 1 saturated heterocycles. The van der Waals surface area contributed by atoms with Gasteiger partial charge in [0.1, 0.15) is 10.1 Å². The van der Waals surface area contributed by atoms with Gasteiger partial charge in [0.2, 0.25) is 5.91 Å². The molecular weight excluding hydrogens is 407 g/mol. The summed E-state index contributed by atoms with van der Waals surface area (Å²) in [6.07, 6.45) is 3.54. The molecule has 7 heteroatoms. The topological polar surface area (TPSA) is 49.4 Å². The Balaban J connectivity index is 1.52. The van der Waals surface area contributed by atoms with E-state index in [4.69, 9.17) is 12.2 Å². The molecule has 0 aromatic heterocycles. The van der Waals surface area contributed by atoms with Gasteiger partial charge in [0, 0.05) is 18.7 Å². The molecule has 3 rings (SSSR count). The summed E-state index contributed by atoms with van der Waals surface area (Å²) >= 11 is 6.62. The SMILES string of the molecule is CCc1ccc(C=C2SC(=S)N(CCCC(=O)Nc3ccc(F)cc3)C2=O)cc1. The molecule has 0 saturated carbocycles. The second-order valence-corrected chi connectivity index (χ2v) is 8.26. The summed E-state index contributed by atoms with van der Waals surface area (Å²) in [5.41, 5.74) is 2.74. The lowest BCUT2D eigenvalue weighted by atomic mass is 10.1. The maximum atomic E-state index is 12.9. The van der Waals surface area contributed by atoms with E-state index < -0.39 is 0 Å². The van der Waals surface area contributed by atoms with E-state index in [1.807, 2.05) is 30.3 Å². The molecule has 2 amide bonds. The van der Waals surface area contributed by atoms with Gasteiger partial charge in [0.25, 0.3) is 5.91 Å². The first-order valence-electron chi connectivity index (χ1n) is 9.36. The Morgan fingerprint density at radius 2 is 1.86 bits per heavy atom. The van der Waals surface area contributed by atoms with E-state index in [1.54, 1.807) is 0 Å². The smallest absolute Gasteiger partial charge is 0.266 e. The molecule has 2 aromatic rings. The van der Waals surface area contributed by atoms with Crippen molar-refractivity contribution in [2.75, 3.05) is 11.9 Å². The predicted molar refractivity (Wildman–Crippen MR) is 120 cm³/mol. The van der Waals surface area contributed by atoms with Crippen molar-refractivity contribution in [2.45, 2.75) is 26.2 Å². The van der Waals surface area contributed by atoms with Crippen LogP contribution < -0.4 is 5.32 Å². The Kier molecular flexibility index (Phi) is 7.17. The fraction of sp³-hybridized carbons (Fsp3) is 0.227. The van der Waals surface area contributed by atoms with E-state index in [1.165, 1.54) is 46.5 Å². The molecule has 0 radical (unpaired) electrons. The van der Waals surface area contributed by atoms with Crippen molar-refractivity contribution in [3.63, 3.8) is 0 Å². The van der Waals surface area contributed by atoms with Crippen LogP contribution in [0.4, 0.5) is 10.1 Å². The van der Waals surface area contributed by atoms with Crippen LogP contribution in [0.5, 0.6) is 0 Å². The molecule has 150 valence electrons. The lowest BCUT2D eigenvalue weighted by Gasteiger charge is -2.14. The second-order valence-electron chi connectivity index (χ2n) is 6.59. The standard InChI is InChI=1S/C22H21FN2O2S2/c1-2-15-5-7-16(8-6-15)14-19-21(27)25(22(28)29-19)13-3-4-20(26)24-18-11-9-17(23)10-12-18/h5-12,14H,2-4,13H2,1H3,(H,24,26). The number of nitrogens with zero attached hydrogens (tertiary/aromatic N) is 1. The van der Waals surface area contributed by atoms with E-state index >= 15 is 0 Å². The Labute approximate surface area is 179 Å². The lowest BCUT2D eigenvalue weighted by molar-refractivity contribution is -0.122. The first-order chi connectivity index (χ1) is 14.0. The van der Waals surface area contributed by atoms with Crippen molar-refractivity contribution in [1.29, 1.82) is 0 Å². The highest BCUT2D eigenvalue weighted by Gasteiger charge is 2.31. The molecule has 0 aliphatic carbocycles. The molecule has 1 N–H and O–H groups in total. The number of carbonyl (C=O) groups is 2. The number of aryl methyl sites for hydroxylation is 1. The van der Waals surface area contributed by atoms with Crippen LogP contribution >= 0.6 is 24.0 Å². The quantitative estimate of drug-likeness (QED) is 0.498. The van der Waals surface area contributed by atoms with Gasteiger partial charge in [-0.15, -0.1) is 0 Å².